The summed E-state index contributed by atoms with van der Waals surface area (Å²) in [6, 6.07) is 1.47. The Hall–Kier alpha value is -2.97. The minimum atomic E-state index is -1.57. The van der Waals surface area contributed by atoms with Gasteiger partial charge in [-0.1, -0.05) is 25.2 Å². The van der Waals surface area contributed by atoms with Crippen LogP contribution in [0.15, 0.2) is 24.3 Å². The highest BCUT2D eigenvalue weighted by atomic mass is 16.5. The molecule has 0 bridgehead atoms. The lowest BCUT2D eigenvalue weighted by Crippen LogP contribution is -2.32. The summed E-state index contributed by atoms with van der Waals surface area (Å²) in [5, 5.41) is 30.9. The van der Waals surface area contributed by atoms with Crippen LogP contribution in [-0.4, -0.2) is 54.9 Å². The summed E-state index contributed by atoms with van der Waals surface area (Å²) in [7, 11) is 1.80. The lowest BCUT2D eigenvalue weighted by molar-refractivity contribution is -0.127. The molecule has 3 unspecified atom stereocenters. The number of ketones is 1. The maximum absolute atomic E-state index is 12.9. The van der Waals surface area contributed by atoms with Crippen LogP contribution in [0.3, 0.4) is 0 Å². The van der Waals surface area contributed by atoms with Crippen LogP contribution >= 0.6 is 0 Å². The van der Waals surface area contributed by atoms with Crippen LogP contribution in [0.25, 0.3) is 17.1 Å². The van der Waals surface area contributed by atoms with Crippen LogP contribution < -0.4 is 0 Å². The maximum Gasteiger partial charge on any atom is 0.342 e. The fourth-order valence-electron chi connectivity index (χ4n) is 3.31. The van der Waals surface area contributed by atoms with Gasteiger partial charge in [-0.05, 0) is 26.3 Å². The summed E-state index contributed by atoms with van der Waals surface area (Å²) in [6.45, 7) is 5.23. The second-order valence-corrected chi connectivity index (χ2v) is 7.65. The minimum Gasteiger partial charge on any atom is -0.507 e. The molecule has 0 saturated heterocycles. The molecule has 3 rings (SSSR count). The Labute approximate surface area is 174 Å². The molecule has 160 valence electrons. The fraction of sp³-hybridized carbons (Fsp3) is 0.409. The molecule has 0 radical (unpaired) electrons. The van der Waals surface area contributed by atoms with E-state index in [2.05, 4.69) is 4.98 Å². The number of aromatic hydroxyl groups is 1. The molecule has 2 heterocycles. The topological polar surface area (TPSA) is 122 Å². The summed E-state index contributed by atoms with van der Waals surface area (Å²) in [5.74, 6) is -1.24. The molecule has 0 fully saturated rings. The Morgan fingerprint density at radius 1 is 1.20 bits per heavy atom. The number of rotatable bonds is 0. The van der Waals surface area contributed by atoms with E-state index in [4.69, 9.17) is 4.74 Å². The number of hydrogen-bond donors (Lipinski definition) is 3. The third-order valence-corrected chi connectivity index (χ3v) is 5.54. The monoisotopic (exact) mass is 414 g/mol. The molecule has 0 aliphatic carbocycles. The Morgan fingerprint density at radius 2 is 1.90 bits per heavy atom. The molecule has 0 saturated carbocycles. The highest BCUT2D eigenvalue weighted by molar-refractivity contribution is 6.04. The number of esters is 1. The second kappa shape index (κ2) is 8.41. The number of hydrogen-bond acceptors (Lipinski definition) is 7. The Kier molecular flexibility index (Phi) is 6.09. The average Bonchev–Trinajstić information content (AvgIpc) is 2.98. The van der Waals surface area contributed by atoms with Crippen LogP contribution in [0.1, 0.15) is 42.0 Å². The standard InChI is InChI=1S/C22H26N2O6/c1-11-8-9-17(26)21(28)16(25)7-5-6-14-19(22(29)30-12(11)2)18(27)10-15-20(14)23-13(3)24(15)4/h5-6,8-12,16,21,25,27-28H,7H2,1-4H3/b6-5+,9-8-/t11-,12?,16?,21?/m1/s1. The number of aryl methyl sites for hydroxylation is 2. The van der Waals surface area contributed by atoms with Gasteiger partial charge in [0.15, 0.2) is 5.78 Å². The molecular weight excluding hydrogens is 388 g/mol. The first-order valence-electron chi connectivity index (χ1n) is 9.76. The molecule has 0 amide bonds. The zero-order valence-corrected chi connectivity index (χ0v) is 17.4. The molecule has 0 spiro atoms. The second-order valence-electron chi connectivity index (χ2n) is 7.65. The van der Waals surface area contributed by atoms with E-state index < -0.39 is 30.1 Å². The zero-order valence-electron chi connectivity index (χ0n) is 17.4. The van der Waals surface area contributed by atoms with Crippen LogP contribution in [0.5, 0.6) is 5.75 Å². The lowest BCUT2D eigenvalue weighted by atomic mass is 9.99. The van der Waals surface area contributed by atoms with Gasteiger partial charge in [0.2, 0.25) is 0 Å². The number of aliphatic hydroxyl groups is 2. The summed E-state index contributed by atoms with van der Waals surface area (Å²) >= 11 is 0. The lowest BCUT2D eigenvalue weighted by Gasteiger charge is -2.20. The van der Waals surface area contributed by atoms with Crippen LogP contribution in [0.4, 0.5) is 0 Å². The Bertz CT molecular complexity index is 1050. The number of benzene rings is 1. The third-order valence-electron chi connectivity index (χ3n) is 5.54. The van der Waals surface area contributed by atoms with Gasteiger partial charge in [-0.25, -0.2) is 9.78 Å². The highest BCUT2D eigenvalue weighted by Gasteiger charge is 2.27. The van der Waals surface area contributed by atoms with Crippen molar-refractivity contribution in [2.45, 2.75) is 45.5 Å². The number of cyclic esters (lactones) is 1. The van der Waals surface area contributed by atoms with Crippen molar-refractivity contribution < 1.29 is 29.6 Å². The smallest absolute Gasteiger partial charge is 0.342 e. The zero-order chi connectivity index (χ0) is 22.2. The van der Waals surface area contributed by atoms with Crippen molar-refractivity contribution in [2.24, 2.45) is 13.0 Å². The largest absolute Gasteiger partial charge is 0.507 e. The SMILES string of the molecule is Cc1nc2c3c(c(O)cc2n1C)C(=O)OC(C)[C@H](C)/C=C\C(=O)C(O)C(O)C/C=C/3. The Morgan fingerprint density at radius 3 is 2.60 bits per heavy atom. The number of phenolic OH excluding ortho intramolecular Hbond substituents is 1. The van der Waals surface area contributed by atoms with Gasteiger partial charge in [0, 0.05) is 24.6 Å². The molecule has 3 N–H and O–H groups in total. The van der Waals surface area contributed by atoms with E-state index in [0.29, 0.717) is 22.4 Å². The predicted octanol–water partition coefficient (Wildman–Crippen LogP) is 2.03. The quantitative estimate of drug-likeness (QED) is 0.564. The van der Waals surface area contributed by atoms with E-state index in [0.717, 1.165) is 0 Å². The molecule has 1 aromatic heterocycles. The average molecular weight is 414 g/mol. The molecule has 2 aromatic rings. The number of phenols is 1. The molecule has 30 heavy (non-hydrogen) atoms. The van der Waals surface area contributed by atoms with E-state index in [9.17, 15) is 24.9 Å². The summed E-state index contributed by atoms with van der Waals surface area (Å²) in [4.78, 5) is 29.5. The molecule has 1 aliphatic heterocycles. The number of ether oxygens (including phenoxy) is 1. The van der Waals surface area contributed by atoms with Crippen molar-refractivity contribution in [3.05, 3.63) is 41.2 Å². The number of fused-ring (bicyclic) bond motifs is 3. The van der Waals surface area contributed by atoms with E-state index in [1.165, 1.54) is 24.3 Å². The van der Waals surface area contributed by atoms with Crippen LogP contribution in [0.2, 0.25) is 0 Å². The van der Waals surface area contributed by atoms with E-state index in [-0.39, 0.29) is 23.7 Å². The molecule has 8 nitrogen and oxygen atoms in total. The van der Waals surface area contributed by atoms with Gasteiger partial charge >= 0.3 is 5.97 Å². The van der Waals surface area contributed by atoms with Gasteiger partial charge in [0.05, 0.1) is 17.1 Å². The van der Waals surface area contributed by atoms with E-state index in [1.54, 1.807) is 38.5 Å². The number of imidazole rings is 1. The van der Waals surface area contributed by atoms with Crippen molar-refractivity contribution in [1.82, 2.24) is 9.55 Å². The molecule has 1 aromatic carbocycles. The molecule has 4 atom stereocenters. The van der Waals surface area contributed by atoms with Crippen molar-refractivity contribution in [3.63, 3.8) is 0 Å². The number of nitrogens with zero attached hydrogens (tertiary/aromatic N) is 2. The normalized spacial score (nSPS) is 27.9. The van der Waals surface area contributed by atoms with Crippen LogP contribution in [0, 0.1) is 12.8 Å². The first-order chi connectivity index (χ1) is 14.1. The fourth-order valence-corrected chi connectivity index (χ4v) is 3.31. The number of carbonyl (C=O) groups is 2. The maximum atomic E-state index is 12.9. The van der Waals surface area contributed by atoms with Crippen molar-refractivity contribution >= 4 is 28.9 Å². The van der Waals surface area contributed by atoms with Crippen molar-refractivity contribution in [3.8, 4) is 5.75 Å². The summed E-state index contributed by atoms with van der Waals surface area (Å²) < 4.78 is 7.33. The van der Waals surface area contributed by atoms with Gasteiger partial charge in [-0.15, -0.1) is 0 Å². The minimum absolute atomic E-state index is 0.0250. The van der Waals surface area contributed by atoms with Gasteiger partial charge in [-0.3, -0.25) is 4.79 Å². The number of aliphatic hydroxyl groups excluding tert-OH is 2. The molecule has 1 aliphatic rings. The van der Waals surface area contributed by atoms with Gasteiger partial charge in [0.1, 0.15) is 29.3 Å². The van der Waals surface area contributed by atoms with E-state index in [1.807, 2.05) is 0 Å². The summed E-state index contributed by atoms with van der Waals surface area (Å²) in [5.41, 5.74) is 1.44. The molecular formula is C22H26N2O6. The van der Waals surface area contributed by atoms with E-state index >= 15 is 0 Å². The van der Waals surface area contributed by atoms with Gasteiger partial charge in [-0.2, -0.15) is 0 Å². The van der Waals surface area contributed by atoms with Gasteiger partial charge in [0.25, 0.3) is 0 Å². The molecule has 8 heteroatoms. The van der Waals surface area contributed by atoms with Crippen LogP contribution in [-0.2, 0) is 16.6 Å². The highest BCUT2D eigenvalue weighted by Crippen LogP contribution is 2.33. The number of aromatic nitrogens is 2. The first kappa shape index (κ1) is 21.7. The number of carbonyl (C=O) groups excluding carboxylic acids is 2. The van der Waals surface area contributed by atoms with Crippen molar-refractivity contribution in [1.29, 1.82) is 0 Å². The Balaban J connectivity index is 2.18. The van der Waals surface area contributed by atoms with Gasteiger partial charge < -0.3 is 24.6 Å². The third kappa shape index (κ3) is 4.01. The summed E-state index contributed by atoms with van der Waals surface area (Å²) in [6.07, 6.45) is 2.24. The first-order valence-corrected chi connectivity index (χ1v) is 9.76. The van der Waals surface area contributed by atoms with Crippen molar-refractivity contribution in [2.75, 3.05) is 0 Å². The predicted molar refractivity (Wildman–Crippen MR) is 111 cm³/mol.